The molecule has 43 heavy (non-hydrogen) atoms. The molecule has 2 aliphatic heterocycles. The molecule has 3 unspecified atom stereocenters. The molecule has 246 valence electrons. The number of carbonyl (C=O) groups excluding carboxylic acids is 4. The van der Waals surface area contributed by atoms with Gasteiger partial charge in [-0.3, -0.25) is 19.7 Å². The topological polar surface area (TPSA) is 186 Å². The first-order valence-electron chi connectivity index (χ1n) is 15.5. The number of hydrogen-bond acceptors (Lipinski definition) is 7. The minimum Gasteiger partial charge on any atom is -0.376 e. The highest BCUT2D eigenvalue weighted by molar-refractivity contribution is 7.80. The van der Waals surface area contributed by atoms with Crippen LogP contribution in [0.5, 0.6) is 0 Å². The highest BCUT2D eigenvalue weighted by Crippen LogP contribution is 2.35. The van der Waals surface area contributed by atoms with E-state index in [-0.39, 0.29) is 23.3 Å². The van der Waals surface area contributed by atoms with E-state index in [1.54, 1.807) is 4.90 Å². The van der Waals surface area contributed by atoms with Gasteiger partial charge in [-0.1, -0.05) is 65.5 Å². The number of aliphatic hydroxyl groups is 1. The number of urea groups is 1. The summed E-state index contributed by atoms with van der Waals surface area (Å²) in [5.41, 5.74) is 4.26. The first-order valence-corrected chi connectivity index (χ1v) is 16.7. The van der Waals surface area contributed by atoms with Crippen molar-refractivity contribution in [3.63, 3.8) is 0 Å². The van der Waals surface area contributed by atoms with E-state index >= 15 is 0 Å². The Bertz CT molecular complexity index is 1060. The zero-order valence-corrected chi connectivity index (χ0v) is 27.7. The minimum atomic E-state index is -1.72. The first kappa shape index (κ1) is 35.4. The molecule has 0 radical (unpaired) electrons. The predicted octanol–water partition coefficient (Wildman–Crippen LogP) is 0.305. The highest BCUT2D eigenvalue weighted by Gasteiger charge is 2.46. The van der Waals surface area contributed by atoms with Crippen LogP contribution in [0.4, 0.5) is 4.79 Å². The average Bonchev–Trinajstić information content (AvgIpc) is 3.63. The standard InChI is InChI=1S/C29H53N7O6S/c1-17-11-14-36(21(17)25(39)32-19(15-18-9-10-18)22(37)24(30)38)26(40)23(29(5,6)7)34-27(41)33-20(28(2,3)4)16-35-13-8-12-31-43(35)42/h17-21,23,25,32,39H,8-16H2,1-7H3,(H2,30,38)(H,31,42)(H2,33,34,41)/p+1/t17-,19?,20+,21-,23+,25?,43?/m0/s1. The van der Waals surface area contributed by atoms with Crippen LogP contribution in [0.2, 0.25) is 0 Å². The van der Waals surface area contributed by atoms with Crippen molar-refractivity contribution in [1.29, 1.82) is 0 Å². The van der Waals surface area contributed by atoms with Gasteiger partial charge in [0.05, 0.1) is 24.7 Å². The largest absolute Gasteiger partial charge is 0.376 e. The van der Waals surface area contributed by atoms with Crippen LogP contribution in [0.15, 0.2) is 0 Å². The van der Waals surface area contributed by atoms with Crippen LogP contribution in [0.25, 0.3) is 0 Å². The summed E-state index contributed by atoms with van der Waals surface area (Å²) >= 11 is -1.72. The molecule has 2 saturated heterocycles. The summed E-state index contributed by atoms with van der Waals surface area (Å²) < 4.78 is 17.3. The fraction of sp³-hybridized carbons (Fsp3) is 0.862. The van der Waals surface area contributed by atoms with Gasteiger partial charge >= 0.3 is 6.03 Å². The third-order valence-electron chi connectivity index (χ3n) is 8.80. The second-order valence-corrected chi connectivity index (χ2v) is 16.1. The zero-order valence-electron chi connectivity index (χ0n) is 26.8. The summed E-state index contributed by atoms with van der Waals surface area (Å²) in [4.78, 5) is 53.3. The number of hydrogen-bond donors (Lipinski definition) is 6. The van der Waals surface area contributed by atoms with Crippen LogP contribution >= 0.6 is 0 Å². The fourth-order valence-corrected chi connectivity index (χ4v) is 6.99. The molecule has 1 aliphatic carbocycles. The lowest BCUT2D eigenvalue weighted by Gasteiger charge is -2.39. The van der Waals surface area contributed by atoms with Crippen LogP contribution in [0, 0.1) is 22.7 Å². The second kappa shape index (κ2) is 14.3. The van der Waals surface area contributed by atoms with Crippen LogP contribution in [0.3, 0.4) is 0 Å². The molecule has 4 amide bonds. The van der Waals surface area contributed by atoms with Crippen molar-refractivity contribution < 1.29 is 28.5 Å². The van der Waals surface area contributed by atoms with Crippen molar-refractivity contribution in [3.05, 3.63) is 0 Å². The van der Waals surface area contributed by atoms with Crippen LogP contribution in [-0.2, 0) is 29.8 Å². The molecule has 14 heteroatoms. The summed E-state index contributed by atoms with van der Waals surface area (Å²) in [5.74, 6) is -1.98. The molecular formula is C29H54N7O6S+. The molecule has 3 aliphatic rings. The number of Topliss-reactive ketones (excluding diaryl/α,β-unsaturated/α-hetero) is 1. The molecule has 0 bridgehead atoms. The smallest absolute Gasteiger partial charge is 0.315 e. The van der Waals surface area contributed by atoms with E-state index in [2.05, 4.69) is 20.7 Å². The Labute approximate surface area is 258 Å². The Morgan fingerprint density at radius 2 is 1.67 bits per heavy atom. The van der Waals surface area contributed by atoms with E-state index in [0.29, 0.717) is 44.9 Å². The van der Waals surface area contributed by atoms with Gasteiger partial charge in [0.1, 0.15) is 12.3 Å². The maximum atomic E-state index is 14.1. The number of nitrogens with two attached hydrogens (primary N) is 1. The molecule has 0 aromatic heterocycles. The molecule has 7 atom stereocenters. The Kier molecular flexibility index (Phi) is 11.8. The van der Waals surface area contributed by atoms with Gasteiger partial charge in [0, 0.05) is 19.6 Å². The van der Waals surface area contributed by atoms with Gasteiger partial charge in [0.15, 0.2) is 0 Å². The number of rotatable bonds is 12. The summed E-state index contributed by atoms with van der Waals surface area (Å²) in [7, 11) is 0. The number of aliphatic hydroxyl groups excluding tert-OH is 1. The van der Waals surface area contributed by atoms with Crippen molar-refractivity contribution in [1.82, 2.24) is 29.9 Å². The van der Waals surface area contributed by atoms with Crippen LogP contribution < -0.4 is 26.4 Å². The van der Waals surface area contributed by atoms with Gasteiger partial charge in [0.25, 0.3) is 5.91 Å². The fourth-order valence-electron chi connectivity index (χ4n) is 5.81. The molecule has 3 rings (SSSR count). The Morgan fingerprint density at radius 1 is 1.02 bits per heavy atom. The second-order valence-electron chi connectivity index (χ2n) is 14.6. The number of primary amides is 1. The third kappa shape index (κ3) is 9.68. The van der Waals surface area contributed by atoms with Crippen LogP contribution in [-0.4, -0.2) is 94.5 Å². The zero-order chi connectivity index (χ0) is 32.3. The Morgan fingerprint density at radius 3 is 2.21 bits per heavy atom. The number of nitrogens with one attached hydrogen (secondary N) is 4. The SMILES string of the molecule is C[C@H]1CCN(C(=O)[C@@H](NC(=O)N[C@H](CN2CCCN[SH+]2=O)C(C)(C)C)C(C)(C)C)[C@@H]1C(O)NC(CC1CC1)C(=O)C(N)=O. The van der Waals surface area contributed by atoms with Gasteiger partial charge < -0.3 is 26.4 Å². The lowest BCUT2D eigenvalue weighted by atomic mass is 9.85. The van der Waals surface area contributed by atoms with E-state index in [1.807, 2.05) is 52.8 Å². The number of likely N-dealkylation sites (tertiary alicyclic amines) is 1. The van der Waals surface area contributed by atoms with Crippen molar-refractivity contribution in [2.45, 2.75) is 111 Å². The predicted molar refractivity (Wildman–Crippen MR) is 166 cm³/mol. The number of carbonyl (C=O) groups is 4. The average molecular weight is 629 g/mol. The monoisotopic (exact) mass is 628 g/mol. The molecule has 2 heterocycles. The van der Waals surface area contributed by atoms with Gasteiger partial charge in [-0.2, -0.15) is 0 Å². The minimum absolute atomic E-state index is 0.100. The molecular weight excluding hydrogens is 574 g/mol. The van der Waals surface area contributed by atoms with E-state index in [4.69, 9.17) is 5.73 Å². The number of ketones is 1. The Hall–Kier alpha value is -2.13. The maximum Gasteiger partial charge on any atom is 0.315 e. The molecule has 13 nitrogen and oxygen atoms in total. The van der Waals surface area contributed by atoms with Gasteiger partial charge in [0.2, 0.25) is 22.9 Å². The van der Waals surface area contributed by atoms with Gasteiger partial charge in [-0.05, 0) is 41.9 Å². The van der Waals surface area contributed by atoms with Gasteiger partial charge in [-0.15, -0.1) is 9.03 Å². The first-order chi connectivity index (χ1) is 19.9. The number of nitrogens with zero attached hydrogens (tertiary/aromatic N) is 2. The number of thiol groups is 1. The van der Waals surface area contributed by atoms with E-state index in [1.165, 1.54) is 0 Å². The highest BCUT2D eigenvalue weighted by atomic mass is 32.2. The molecule has 1 saturated carbocycles. The summed E-state index contributed by atoms with van der Waals surface area (Å²) in [6.07, 6.45) is 2.53. The lowest BCUT2D eigenvalue weighted by Crippen LogP contribution is -2.63. The van der Waals surface area contributed by atoms with Crippen molar-refractivity contribution in [2.75, 3.05) is 26.2 Å². The van der Waals surface area contributed by atoms with E-state index in [9.17, 15) is 28.5 Å². The van der Waals surface area contributed by atoms with Crippen LogP contribution in [0.1, 0.15) is 80.6 Å². The molecule has 0 spiro atoms. The van der Waals surface area contributed by atoms with Crippen molar-refractivity contribution in [2.24, 2.45) is 28.4 Å². The quantitative estimate of drug-likeness (QED) is 0.0777. The number of amides is 4. The summed E-state index contributed by atoms with van der Waals surface area (Å²) in [6, 6.07) is -3.37. The summed E-state index contributed by atoms with van der Waals surface area (Å²) in [5, 5.41) is 20.1. The Balaban J connectivity index is 1.74. The summed E-state index contributed by atoms with van der Waals surface area (Å²) in [6.45, 7) is 15.6. The third-order valence-corrected chi connectivity index (χ3v) is 10.2. The molecule has 7 N–H and O–H groups in total. The lowest BCUT2D eigenvalue weighted by molar-refractivity contribution is -0.141. The van der Waals surface area contributed by atoms with Gasteiger partial charge in [-0.25, -0.2) is 4.79 Å². The van der Waals surface area contributed by atoms with E-state index in [0.717, 1.165) is 19.3 Å². The van der Waals surface area contributed by atoms with Crippen molar-refractivity contribution >= 4 is 34.8 Å². The van der Waals surface area contributed by atoms with E-state index < -0.39 is 58.7 Å². The molecule has 3 fully saturated rings. The molecule has 0 aromatic carbocycles. The van der Waals surface area contributed by atoms with Crippen molar-refractivity contribution in [3.8, 4) is 0 Å². The maximum absolute atomic E-state index is 14.1. The normalized spacial score (nSPS) is 26.3. The molecule has 0 aromatic rings.